The molecule has 2 N–H and O–H groups in total. The molecule has 0 radical (unpaired) electrons. The predicted octanol–water partition coefficient (Wildman–Crippen LogP) is 0.336. The topological polar surface area (TPSA) is 58.8 Å². The summed E-state index contributed by atoms with van der Waals surface area (Å²) in [4.78, 5) is 16.9. The van der Waals surface area contributed by atoms with Gasteiger partial charge in [0.1, 0.15) is 12.4 Å². The fraction of sp³-hybridized carbons (Fsp3) is 0.533. The van der Waals surface area contributed by atoms with Gasteiger partial charge in [-0.05, 0) is 25.6 Å². The van der Waals surface area contributed by atoms with Crippen LogP contribution in [0.1, 0.15) is 15.9 Å². The molecule has 0 saturated carbocycles. The van der Waals surface area contributed by atoms with E-state index in [1.54, 1.807) is 0 Å². The van der Waals surface area contributed by atoms with E-state index in [1.807, 2.05) is 23.1 Å². The summed E-state index contributed by atoms with van der Waals surface area (Å²) in [7, 11) is 2.08. The molecule has 0 aliphatic carbocycles. The molecule has 1 saturated heterocycles. The number of amides is 1. The van der Waals surface area contributed by atoms with Crippen LogP contribution in [0.5, 0.6) is 5.75 Å². The van der Waals surface area contributed by atoms with Gasteiger partial charge in [-0.2, -0.15) is 0 Å². The van der Waals surface area contributed by atoms with E-state index in [0.29, 0.717) is 13.0 Å². The standard InChI is InChI=1S/C15H21N3O2/c1-17-5-7-18(8-6-17)15(19)12-3-2-4-14-13(12)9-11(16)10-20-14/h2-4,11H,5-10,16H2,1H3/t11-/m0/s1. The molecule has 0 unspecified atom stereocenters. The Kier molecular flexibility index (Phi) is 3.63. The number of piperazine rings is 1. The van der Waals surface area contributed by atoms with E-state index in [1.165, 1.54) is 0 Å². The van der Waals surface area contributed by atoms with E-state index in [-0.39, 0.29) is 11.9 Å². The molecule has 2 aliphatic rings. The minimum Gasteiger partial charge on any atom is -0.492 e. The third kappa shape index (κ3) is 2.51. The zero-order chi connectivity index (χ0) is 14.1. The molecule has 0 aromatic heterocycles. The van der Waals surface area contributed by atoms with Gasteiger partial charge in [0.05, 0.1) is 0 Å². The molecule has 1 atom stereocenters. The Morgan fingerprint density at radius 2 is 2.05 bits per heavy atom. The molecule has 5 nitrogen and oxygen atoms in total. The van der Waals surface area contributed by atoms with E-state index in [4.69, 9.17) is 10.5 Å². The minimum atomic E-state index is -0.0241. The van der Waals surface area contributed by atoms with Crippen molar-refractivity contribution < 1.29 is 9.53 Å². The lowest BCUT2D eigenvalue weighted by atomic mass is 9.96. The summed E-state index contributed by atoms with van der Waals surface area (Å²) in [6, 6.07) is 5.67. The number of carbonyl (C=O) groups is 1. The monoisotopic (exact) mass is 275 g/mol. The second kappa shape index (κ2) is 5.42. The van der Waals surface area contributed by atoms with Crippen LogP contribution in [0.4, 0.5) is 0 Å². The largest absolute Gasteiger partial charge is 0.492 e. The smallest absolute Gasteiger partial charge is 0.254 e. The van der Waals surface area contributed by atoms with Gasteiger partial charge in [-0.15, -0.1) is 0 Å². The van der Waals surface area contributed by atoms with Gasteiger partial charge in [0.25, 0.3) is 5.91 Å². The molecule has 1 fully saturated rings. The van der Waals surface area contributed by atoms with Crippen molar-refractivity contribution in [2.75, 3.05) is 39.8 Å². The van der Waals surface area contributed by atoms with Crippen LogP contribution in [0.15, 0.2) is 18.2 Å². The number of benzene rings is 1. The highest BCUT2D eigenvalue weighted by Crippen LogP contribution is 2.28. The van der Waals surface area contributed by atoms with Gasteiger partial charge in [-0.1, -0.05) is 6.07 Å². The van der Waals surface area contributed by atoms with E-state index >= 15 is 0 Å². The molecule has 0 bridgehead atoms. The first kappa shape index (κ1) is 13.4. The van der Waals surface area contributed by atoms with Gasteiger partial charge in [0.15, 0.2) is 0 Å². The van der Waals surface area contributed by atoms with Crippen molar-refractivity contribution >= 4 is 5.91 Å². The maximum absolute atomic E-state index is 12.7. The van der Waals surface area contributed by atoms with Crippen LogP contribution >= 0.6 is 0 Å². The average Bonchev–Trinajstić information content (AvgIpc) is 2.46. The van der Waals surface area contributed by atoms with Crippen molar-refractivity contribution in [2.24, 2.45) is 5.73 Å². The minimum absolute atomic E-state index is 0.0241. The van der Waals surface area contributed by atoms with Crippen LogP contribution in [0.25, 0.3) is 0 Å². The first-order chi connectivity index (χ1) is 9.65. The Bertz CT molecular complexity index is 510. The van der Waals surface area contributed by atoms with Crippen molar-refractivity contribution in [2.45, 2.75) is 12.5 Å². The van der Waals surface area contributed by atoms with Crippen molar-refractivity contribution in [3.05, 3.63) is 29.3 Å². The fourth-order valence-corrected chi connectivity index (χ4v) is 2.81. The van der Waals surface area contributed by atoms with Crippen molar-refractivity contribution in [3.8, 4) is 5.75 Å². The average molecular weight is 275 g/mol. The highest BCUT2D eigenvalue weighted by atomic mass is 16.5. The predicted molar refractivity (Wildman–Crippen MR) is 77.0 cm³/mol. The Balaban J connectivity index is 1.85. The summed E-state index contributed by atoms with van der Waals surface area (Å²) >= 11 is 0. The summed E-state index contributed by atoms with van der Waals surface area (Å²) in [5.41, 5.74) is 7.68. The van der Waals surface area contributed by atoms with E-state index in [9.17, 15) is 4.79 Å². The maximum atomic E-state index is 12.7. The molecular weight excluding hydrogens is 254 g/mol. The number of likely N-dealkylation sites (N-methyl/N-ethyl adjacent to an activating group) is 1. The number of carbonyl (C=O) groups excluding carboxylic acids is 1. The molecule has 3 rings (SSSR count). The van der Waals surface area contributed by atoms with Gasteiger partial charge in [0.2, 0.25) is 0 Å². The highest BCUT2D eigenvalue weighted by molar-refractivity contribution is 5.96. The third-order valence-electron chi connectivity index (χ3n) is 4.07. The van der Waals surface area contributed by atoms with E-state index < -0.39 is 0 Å². The lowest BCUT2D eigenvalue weighted by Gasteiger charge is -2.33. The van der Waals surface area contributed by atoms with Crippen molar-refractivity contribution in [3.63, 3.8) is 0 Å². The summed E-state index contributed by atoms with van der Waals surface area (Å²) in [5.74, 6) is 0.916. The second-order valence-electron chi connectivity index (χ2n) is 5.65. The second-order valence-corrected chi connectivity index (χ2v) is 5.65. The van der Waals surface area contributed by atoms with Crippen molar-refractivity contribution in [1.29, 1.82) is 0 Å². The lowest BCUT2D eigenvalue weighted by molar-refractivity contribution is 0.0661. The molecule has 1 aromatic rings. The maximum Gasteiger partial charge on any atom is 0.254 e. The SMILES string of the molecule is CN1CCN(C(=O)c2cccc3c2C[C@H](N)CO3)CC1. The normalized spacial score (nSPS) is 23.1. The number of hydrogen-bond donors (Lipinski definition) is 1. The zero-order valence-corrected chi connectivity index (χ0v) is 11.8. The van der Waals surface area contributed by atoms with Gasteiger partial charge in [-0.25, -0.2) is 0 Å². The fourth-order valence-electron chi connectivity index (χ4n) is 2.81. The number of hydrogen-bond acceptors (Lipinski definition) is 4. The molecule has 2 heterocycles. The summed E-state index contributed by atoms with van der Waals surface area (Å²) < 4.78 is 5.63. The third-order valence-corrected chi connectivity index (χ3v) is 4.07. The first-order valence-corrected chi connectivity index (χ1v) is 7.13. The molecular formula is C15H21N3O2. The molecule has 1 amide bonds. The quantitative estimate of drug-likeness (QED) is 0.803. The van der Waals surface area contributed by atoms with Crippen LogP contribution in [0.3, 0.4) is 0 Å². The number of ether oxygens (including phenoxy) is 1. The van der Waals surface area contributed by atoms with E-state index in [0.717, 1.165) is 43.1 Å². The molecule has 20 heavy (non-hydrogen) atoms. The van der Waals surface area contributed by atoms with Crippen LogP contribution in [-0.4, -0.2) is 61.6 Å². The van der Waals surface area contributed by atoms with Crippen LogP contribution in [-0.2, 0) is 6.42 Å². The van der Waals surface area contributed by atoms with Gasteiger partial charge < -0.3 is 20.3 Å². The number of nitrogens with two attached hydrogens (primary N) is 1. The van der Waals surface area contributed by atoms with Gasteiger partial charge >= 0.3 is 0 Å². The molecule has 108 valence electrons. The lowest BCUT2D eigenvalue weighted by Crippen LogP contribution is -2.47. The molecule has 0 spiro atoms. The van der Waals surface area contributed by atoms with E-state index in [2.05, 4.69) is 11.9 Å². The molecule has 5 heteroatoms. The zero-order valence-electron chi connectivity index (χ0n) is 11.8. The Labute approximate surface area is 119 Å². The number of nitrogens with zero attached hydrogens (tertiary/aromatic N) is 2. The Morgan fingerprint density at radius 1 is 1.30 bits per heavy atom. The van der Waals surface area contributed by atoms with Crippen LogP contribution < -0.4 is 10.5 Å². The Morgan fingerprint density at radius 3 is 2.80 bits per heavy atom. The van der Waals surface area contributed by atoms with Crippen LogP contribution in [0.2, 0.25) is 0 Å². The van der Waals surface area contributed by atoms with Crippen LogP contribution in [0, 0.1) is 0 Å². The van der Waals surface area contributed by atoms with Crippen molar-refractivity contribution in [1.82, 2.24) is 9.80 Å². The summed E-state index contributed by atoms with van der Waals surface area (Å²) in [5, 5.41) is 0. The summed E-state index contributed by atoms with van der Waals surface area (Å²) in [6.45, 7) is 3.95. The van der Waals surface area contributed by atoms with Gasteiger partial charge in [0, 0.05) is 43.3 Å². The van der Waals surface area contributed by atoms with Gasteiger partial charge in [-0.3, -0.25) is 4.79 Å². The molecule has 1 aromatic carbocycles. The Hall–Kier alpha value is -1.59. The number of fused-ring (bicyclic) bond motifs is 1. The first-order valence-electron chi connectivity index (χ1n) is 7.13. The summed E-state index contributed by atoms with van der Waals surface area (Å²) in [6.07, 6.45) is 0.713. The molecule has 2 aliphatic heterocycles. The highest BCUT2D eigenvalue weighted by Gasteiger charge is 2.26. The number of rotatable bonds is 1.